The molecule has 0 rings (SSSR count). The van der Waals surface area contributed by atoms with Crippen molar-refractivity contribution in [2.24, 2.45) is 0 Å². The molecule has 0 aromatic heterocycles. The van der Waals surface area contributed by atoms with Crippen LogP contribution in [-0.2, 0) is 18.3 Å². The number of quaternary nitrogens is 1. The summed E-state index contributed by atoms with van der Waals surface area (Å²) in [6.07, 6.45) is 33.0. The van der Waals surface area contributed by atoms with Gasteiger partial charge in [-0.15, -0.1) is 0 Å². The van der Waals surface area contributed by atoms with E-state index in [1.54, 1.807) is 0 Å². The van der Waals surface area contributed by atoms with Gasteiger partial charge in [-0.2, -0.15) is 0 Å². The third-order valence-corrected chi connectivity index (χ3v) is 8.51. The number of allylic oxidation sites excluding steroid dienone is 2. The molecular formula is C34H70NO6P. The van der Waals surface area contributed by atoms with Gasteiger partial charge in [-0.3, -0.25) is 4.57 Å². The SMILES string of the molecule is CCCCCCCCCC/C=C\CCCCCCCCCCCCCCOCC(O)COP(=O)([O-])OCC[N+](C)(C)C. The molecule has 7 nitrogen and oxygen atoms in total. The van der Waals surface area contributed by atoms with E-state index in [1.165, 1.54) is 128 Å². The number of aliphatic hydroxyl groups excluding tert-OH is 1. The number of phosphoric acid groups is 1. The zero-order valence-electron chi connectivity index (χ0n) is 28.2. The smallest absolute Gasteiger partial charge is 0.268 e. The summed E-state index contributed by atoms with van der Waals surface area (Å²) >= 11 is 0. The third-order valence-electron chi connectivity index (χ3n) is 7.55. The van der Waals surface area contributed by atoms with Crippen LogP contribution in [0.2, 0.25) is 0 Å². The average molecular weight is 620 g/mol. The molecule has 0 saturated heterocycles. The monoisotopic (exact) mass is 619 g/mol. The van der Waals surface area contributed by atoms with Crippen LogP contribution in [0.25, 0.3) is 0 Å². The maximum atomic E-state index is 11.7. The molecule has 0 aliphatic rings. The summed E-state index contributed by atoms with van der Waals surface area (Å²) in [6, 6.07) is 0. The van der Waals surface area contributed by atoms with Crippen LogP contribution < -0.4 is 4.89 Å². The summed E-state index contributed by atoms with van der Waals surface area (Å²) in [4.78, 5) is 11.7. The fraction of sp³-hybridized carbons (Fsp3) is 0.941. The quantitative estimate of drug-likeness (QED) is 0.0342. The lowest BCUT2D eigenvalue weighted by Gasteiger charge is -2.27. The zero-order valence-corrected chi connectivity index (χ0v) is 29.1. The highest BCUT2D eigenvalue weighted by atomic mass is 31.2. The Morgan fingerprint density at radius 1 is 0.643 bits per heavy atom. The molecule has 0 aliphatic carbocycles. The molecule has 42 heavy (non-hydrogen) atoms. The number of aliphatic hydroxyl groups is 1. The second-order valence-corrected chi connectivity index (χ2v) is 14.5. The van der Waals surface area contributed by atoms with Crippen LogP contribution in [0.4, 0.5) is 0 Å². The van der Waals surface area contributed by atoms with E-state index in [-0.39, 0.29) is 19.8 Å². The first kappa shape index (κ1) is 41.7. The second kappa shape index (κ2) is 29.4. The van der Waals surface area contributed by atoms with Gasteiger partial charge in [0.2, 0.25) is 0 Å². The molecule has 0 saturated carbocycles. The molecule has 0 aromatic carbocycles. The summed E-state index contributed by atoms with van der Waals surface area (Å²) in [5.74, 6) is 0. The molecular weight excluding hydrogens is 549 g/mol. The number of likely N-dealkylation sites (N-methyl/N-ethyl adjacent to an activating group) is 1. The van der Waals surface area contributed by atoms with E-state index in [2.05, 4.69) is 19.1 Å². The molecule has 0 amide bonds. The van der Waals surface area contributed by atoms with Crippen molar-refractivity contribution in [1.82, 2.24) is 0 Å². The van der Waals surface area contributed by atoms with E-state index < -0.39 is 13.9 Å². The van der Waals surface area contributed by atoms with E-state index >= 15 is 0 Å². The van der Waals surface area contributed by atoms with Gasteiger partial charge in [-0.1, -0.05) is 128 Å². The van der Waals surface area contributed by atoms with Crippen molar-refractivity contribution in [2.75, 3.05) is 54.1 Å². The molecule has 252 valence electrons. The Balaban J connectivity index is 3.32. The largest absolute Gasteiger partial charge is 0.756 e. The highest BCUT2D eigenvalue weighted by Gasteiger charge is 2.15. The number of hydrogen-bond acceptors (Lipinski definition) is 6. The van der Waals surface area contributed by atoms with E-state index in [0.29, 0.717) is 17.6 Å². The number of rotatable bonds is 33. The highest BCUT2D eigenvalue weighted by Crippen LogP contribution is 2.38. The van der Waals surface area contributed by atoms with Gasteiger partial charge < -0.3 is 28.3 Å². The van der Waals surface area contributed by atoms with Gasteiger partial charge in [-0.05, 0) is 32.1 Å². The van der Waals surface area contributed by atoms with Crippen LogP contribution in [0.3, 0.4) is 0 Å². The molecule has 0 spiro atoms. The summed E-state index contributed by atoms with van der Waals surface area (Å²) in [5, 5.41) is 9.88. The molecule has 0 bridgehead atoms. The molecule has 0 aliphatic heterocycles. The maximum Gasteiger partial charge on any atom is 0.268 e. The van der Waals surface area contributed by atoms with Crippen molar-refractivity contribution in [3.63, 3.8) is 0 Å². The van der Waals surface area contributed by atoms with E-state index in [0.717, 1.165) is 12.8 Å². The predicted molar refractivity (Wildman–Crippen MR) is 176 cm³/mol. The summed E-state index contributed by atoms with van der Waals surface area (Å²) in [7, 11) is 1.45. The number of unbranched alkanes of at least 4 members (excludes halogenated alkanes) is 20. The van der Waals surface area contributed by atoms with Crippen LogP contribution in [0.1, 0.15) is 148 Å². The Hall–Kier alpha value is -0.270. The Labute approximate surface area is 261 Å². The minimum Gasteiger partial charge on any atom is -0.756 e. The minimum atomic E-state index is -4.40. The van der Waals surface area contributed by atoms with E-state index in [9.17, 15) is 14.6 Å². The van der Waals surface area contributed by atoms with Gasteiger partial charge in [-0.25, -0.2) is 0 Å². The van der Waals surface area contributed by atoms with Gasteiger partial charge in [0.1, 0.15) is 19.3 Å². The van der Waals surface area contributed by atoms with Gasteiger partial charge in [0.15, 0.2) is 0 Å². The average Bonchev–Trinajstić information content (AvgIpc) is 2.93. The first-order valence-corrected chi connectivity index (χ1v) is 18.9. The zero-order chi connectivity index (χ0) is 31.2. The molecule has 8 heteroatoms. The van der Waals surface area contributed by atoms with Crippen molar-refractivity contribution in [1.29, 1.82) is 0 Å². The Bertz CT molecular complexity index is 640. The first-order valence-electron chi connectivity index (χ1n) is 17.5. The third kappa shape index (κ3) is 34.2. The number of hydrogen-bond donors (Lipinski definition) is 1. The van der Waals surface area contributed by atoms with Gasteiger partial charge in [0, 0.05) is 6.61 Å². The van der Waals surface area contributed by atoms with Crippen molar-refractivity contribution in [3.05, 3.63) is 12.2 Å². The van der Waals surface area contributed by atoms with Gasteiger partial charge >= 0.3 is 0 Å². The highest BCUT2D eigenvalue weighted by molar-refractivity contribution is 7.45. The van der Waals surface area contributed by atoms with Crippen molar-refractivity contribution >= 4 is 7.82 Å². The van der Waals surface area contributed by atoms with E-state index in [4.69, 9.17) is 13.8 Å². The fourth-order valence-electron chi connectivity index (χ4n) is 4.77. The van der Waals surface area contributed by atoms with E-state index in [1.807, 2.05) is 21.1 Å². The van der Waals surface area contributed by atoms with Crippen LogP contribution >= 0.6 is 7.82 Å². The van der Waals surface area contributed by atoms with Crippen LogP contribution in [0, 0.1) is 0 Å². The van der Waals surface area contributed by atoms with Crippen molar-refractivity contribution in [2.45, 2.75) is 154 Å². The molecule has 0 aromatic rings. The van der Waals surface area contributed by atoms with Crippen LogP contribution in [0.5, 0.6) is 0 Å². The Morgan fingerprint density at radius 3 is 1.52 bits per heavy atom. The maximum absolute atomic E-state index is 11.7. The minimum absolute atomic E-state index is 0.0502. The summed E-state index contributed by atoms with van der Waals surface area (Å²) in [5.41, 5.74) is 0. The first-order chi connectivity index (χ1) is 20.2. The lowest BCUT2D eigenvalue weighted by Crippen LogP contribution is -2.37. The Morgan fingerprint density at radius 2 is 1.07 bits per heavy atom. The van der Waals surface area contributed by atoms with Crippen molar-refractivity contribution < 1.29 is 32.8 Å². The second-order valence-electron chi connectivity index (χ2n) is 13.1. The molecule has 1 N–H and O–H groups in total. The predicted octanol–water partition coefficient (Wildman–Crippen LogP) is 8.73. The van der Waals surface area contributed by atoms with Gasteiger partial charge in [0.25, 0.3) is 7.82 Å². The van der Waals surface area contributed by atoms with Gasteiger partial charge in [0.05, 0.1) is 34.4 Å². The lowest BCUT2D eigenvalue weighted by molar-refractivity contribution is -0.870. The molecule has 0 fully saturated rings. The molecule has 2 atom stereocenters. The number of ether oxygens (including phenoxy) is 1. The standard InChI is InChI=1S/C34H70NO6P/c1-5-6-7-8-9-10-11-12-13-14-15-16-17-18-19-20-21-22-23-24-25-26-27-28-30-39-32-34(36)33-41-42(37,38)40-31-29-35(2,3)4/h14-15,34,36H,5-13,16-33H2,1-4H3/b15-14-. The number of nitrogens with zero attached hydrogens (tertiary/aromatic N) is 1. The van der Waals surface area contributed by atoms with Crippen LogP contribution in [0.15, 0.2) is 12.2 Å². The van der Waals surface area contributed by atoms with Crippen molar-refractivity contribution in [3.8, 4) is 0 Å². The lowest BCUT2D eigenvalue weighted by atomic mass is 10.0. The summed E-state index contributed by atoms with van der Waals surface area (Å²) in [6.45, 7) is 3.16. The molecule has 2 unspecified atom stereocenters. The normalized spacial score (nSPS) is 14.5. The van der Waals surface area contributed by atoms with Crippen LogP contribution in [-0.4, -0.2) is 69.8 Å². The molecule has 0 heterocycles. The Kier molecular flexibility index (Phi) is 29.3. The topological polar surface area (TPSA) is 88.0 Å². The number of phosphoric ester groups is 1. The molecule has 0 radical (unpaired) electrons. The fourth-order valence-corrected chi connectivity index (χ4v) is 5.51. The summed E-state index contributed by atoms with van der Waals surface area (Å²) < 4.78 is 27.4.